The molecule has 0 bridgehead atoms. The fourth-order valence-corrected chi connectivity index (χ4v) is 2.68. The molecule has 2 N–H and O–H groups in total. The molecule has 0 radical (unpaired) electrons. The predicted molar refractivity (Wildman–Crippen MR) is 69.0 cm³/mol. The van der Waals surface area contributed by atoms with E-state index in [1.165, 1.54) is 25.7 Å². The van der Waals surface area contributed by atoms with E-state index in [9.17, 15) is 0 Å². The second-order valence-corrected chi connectivity index (χ2v) is 4.90. The van der Waals surface area contributed by atoms with Gasteiger partial charge in [-0.05, 0) is 18.9 Å². The van der Waals surface area contributed by atoms with Gasteiger partial charge >= 0.3 is 0 Å². The number of nitrogens with two attached hydrogens (primary N) is 1. The molecule has 96 valence electrons. The van der Waals surface area contributed by atoms with E-state index in [4.69, 9.17) is 5.73 Å². The first-order chi connectivity index (χ1) is 8.86. The van der Waals surface area contributed by atoms with Crippen LogP contribution in [-0.4, -0.2) is 19.3 Å². The third kappa shape index (κ3) is 2.18. The van der Waals surface area contributed by atoms with Crippen LogP contribution in [0.3, 0.4) is 0 Å². The topological polar surface area (TPSA) is 61.7 Å². The maximum Gasteiger partial charge on any atom is 0.122 e. The first-order valence-electron chi connectivity index (χ1n) is 6.61. The lowest BCUT2D eigenvalue weighted by molar-refractivity contribution is 0.461. The monoisotopic (exact) mass is 245 g/mol. The lowest BCUT2D eigenvalue weighted by Crippen LogP contribution is -2.10. The van der Waals surface area contributed by atoms with Gasteiger partial charge in [-0.15, -0.1) is 0 Å². The van der Waals surface area contributed by atoms with Crippen molar-refractivity contribution in [3.63, 3.8) is 0 Å². The van der Waals surface area contributed by atoms with Gasteiger partial charge < -0.3 is 10.3 Å². The van der Waals surface area contributed by atoms with Gasteiger partial charge in [-0.25, -0.2) is 4.98 Å². The van der Waals surface area contributed by atoms with Crippen molar-refractivity contribution in [1.82, 2.24) is 19.3 Å². The molecule has 2 aromatic heterocycles. The van der Waals surface area contributed by atoms with Gasteiger partial charge in [0, 0.05) is 18.6 Å². The van der Waals surface area contributed by atoms with E-state index in [0.29, 0.717) is 12.6 Å². The summed E-state index contributed by atoms with van der Waals surface area (Å²) in [6, 6.07) is 2.70. The summed E-state index contributed by atoms with van der Waals surface area (Å²) in [5, 5.41) is 4.67. The van der Waals surface area contributed by atoms with Crippen molar-refractivity contribution in [1.29, 1.82) is 0 Å². The zero-order valence-electron chi connectivity index (χ0n) is 10.5. The molecule has 1 saturated carbocycles. The van der Waals surface area contributed by atoms with Crippen LogP contribution in [0, 0.1) is 0 Å². The summed E-state index contributed by atoms with van der Waals surface area (Å²) in [6.45, 7) is 1.22. The molecule has 0 aliphatic heterocycles. The Labute approximate surface area is 107 Å². The molecule has 3 rings (SSSR count). The highest BCUT2D eigenvalue weighted by molar-refractivity contribution is 5.04. The Morgan fingerprint density at radius 1 is 1.28 bits per heavy atom. The molecule has 5 heteroatoms. The van der Waals surface area contributed by atoms with Crippen LogP contribution in [0.1, 0.15) is 43.2 Å². The fraction of sp³-hybridized carbons (Fsp3) is 0.538. The Bertz CT molecular complexity index is 507. The minimum absolute atomic E-state index is 0.469. The number of imidazole rings is 1. The fourth-order valence-electron chi connectivity index (χ4n) is 2.68. The smallest absolute Gasteiger partial charge is 0.122 e. The minimum atomic E-state index is 0.469. The molecule has 18 heavy (non-hydrogen) atoms. The van der Waals surface area contributed by atoms with Crippen LogP contribution in [0.2, 0.25) is 0 Å². The van der Waals surface area contributed by atoms with Gasteiger partial charge in [-0.1, -0.05) is 12.8 Å². The first kappa shape index (κ1) is 11.5. The van der Waals surface area contributed by atoms with Crippen molar-refractivity contribution in [3.8, 4) is 0 Å². The molecule has 2 aromatic rings. The van der Waals surface area contributed by atoms with E-state index in [0.717, 1.165) is 18.1 Å². The van der Waals surface area contributed by atoms with E-state index < -0.39 is 0 Å². The zero-order valence-corrected chi connectivity index (χ0v) is 10.5. The highest BCUT2D eigenvalue weighted by atomic mass is 15.3. The standard InChI is InChI=1S/C13H19N5/c14-9-13-15-6-8-17(13)10-11-5-7-18(16-11)12-3-1-2-4-12/h5-8,12H,1-4,9-10,14H2. The van der Waals surface area contributed by atoms with Gasteiger partial charge in [0.2, 0.25) is 0 Å². The Morgan fingerprint density at radius 3 is 2.89 bits per heavy atom. The summed E-state index contributed by atoms with van der Waals surface area (Å²) in [4.78, 5) is 4.22. The van der Waals surface area contributed by atoms with Crippen LogP contribution in [0.15, 0.2) is 24.7 Å². The number of rotatable bonds is 4. The third-order valence-electron chi connectivity index (χ3n) is 3.68. The third-order valence-corrected chi connectivity index (χ3v) is 3.68. The summed E-state index contributed by atoms with van der Waals surface area (Å²) in [7, 11) is 0. The van der Waals surface area contributed by atoms with Crippen LogP contribution in [0.25, 0.3) is 0 Å². The number of hydrogen-bond donors (Lipinski definition) is 1. The minimum Gasteiger partial charge on any atom is -0.328 e. The molecule has 0 unspecified atom stereocenters. The summed E-state index contributed by atoms with van der Waals surface area (Å²) in [6.07, 6.45) is 11.0. The molecule has 1 fully saturated rings. The van der Waals surface area contributed by atoms with Gasteiger partial charge in [0.25, 0.3) is 0 Å². The predicted octanol–water partition coefficient (Wildman–Crippen LogP) is 1.70. The van der Waals surface area contributed by atoms with Gasteiger partial charge in [-0.2, -0.15) is 5.10 Å². The van der Waals surface area contributed by atoms with Crippen molar-refractivity contribution < 1.29 is 0 Å². The Kier molecular flexibility index (Phi) is 3.15. The molecule has 0 saturated heterocycles. The van der Waals surface area contributed by atoms with E-state index in [2.05, 4.69) is 31.6 Å². The van der Waals surface area contributed by atoms with Crippen molar-refractivity contribution in [2.45, 2.75) is 44.8 Å². The van der Waals surface area contributed by atoms with Crippen LogP contribution < -0.4 is 5.73 Å². The summed E-state index contributed by atoms with van der Waals surface area (Å²) in [5.74, 6) is 0.908. The molecule has 5 nitrogen and oxygen atoms in total. The zero-order chi connectivity index (χ0) is 12.4. The van der Waals surface area contributed by atoms with Crippen LogP contribution in [-0.2, 0) is 13.1 Å². The van der Waals surface area contributed by atoms with Gasteiger partial charge in [0.05, 0.1) is 24.8 Å². The Balaban J connectivity index is 1.73. The summed E-state index contributed by atoms with van der Waals surface area (Å²) < 4.78 is 4.18. The first-order valence-corrected chi connectivity index (χ1v) is 6.61. The van der Waals surface area contributed by atoms with E-state index in [1.807, 2.05) is 6.20 Å². The number of hydrogen-bond acceptors (Lipinski definition) is 3. The second-order valence-electron chi connectivity index (χ2n) is 4.90. The van der Waals surface area contributed by atoms with Crippen molar-refractivity contribution in [2.24, 2.45) is 5.73 Å². The molecule has 0 spiro atoms. The second kappa shape index (κ2) is 4.94. The average molecular weight is 245 g/mol. The normalized spacial score (nSPS) is 16.5. The quantitative estimate of drug-likeness (QED) is 0.891. The maximum absolute atomic E-state index is 5.64. The van der Waals surface area contributed by atoms with Crippen LogP contribution in [0.4, 0.5) is 0 Å². The number of aromatic nitrogens is 4. The molecule has 0 atom stereocenters. The molecule has 0 amide bonds. The van der Waals surface area contributed by atoms with E-state index in [1.54, 1.807) is 6.20 Å². The lowest BCUT2D eigenvalue weighted by atomic mass is 10.3. The highest BCUT2D eigenvalue weighted by Crippen LogP contribution is 2.28. The lowest BCUT2D eigenvalue weighted by Gasteiger charge is -2.09. The largest absolute Gasteiger partial charge is 0.328 e. The van der Waals surface area contributed by atoms with Gasteiger partial charge in [0.1, 0.15) is 5.82 Å². The van der Waals surface area contributed by atoms with Crippen molar-refractivity contribution in [2.75, 3.05) is 0 Å². The van der Waals surface area contributed by atoms with Gasteiger partial charge in [-0.3, -0.25) is 4.68 Å². The molecule has 2 heterocycles. The van der Waals surface area contributed by atoms with Gasteiger partial charge in [0.15, 0.2) is 0 Å². The van der Waals surface area contributed by atoms with Crippen LogP contribution in [0.5, 0.6) is 0 Å². The highest BCUT2D eigenvalue weighted by Gasteiger charge is 2.17. The average Bonchev–Trinajstić information content (AvgIpc) is 3.10. The molecular formula is C13H19N5. The Morgan fingerprint density at radius 2 is 2.11 bits per heavy atom. The molecule has 1 aliphatic carbocycles. The number of nitrogens with zero attached hydrogens (tertiary/aromatic N) is 4. The maximum atomic E-state index is 5.64. The van der Waals surface area contributed by atoms with Crippen molar-refractivity contribution >= 4 is 0 Å². The molecular weight excluding hydrogens is 226 g/mol. The molecule has 0 aromatic carbocycles. The van der Waals surface area contributed by atoms with E-state index >= 15 is 0 Å². The Hall–Kier alpha value is -1.62. The summed E-state index contributed by atoms with van der Waals surface area (Å²) >= 11 is 0. The molecule has 1 aliphatic rings. The summed E-state index contributed by atoms with van der Waals surface area (Å²) in [5.41, 5.74) is 6.72. The van der Waals surface area contributed by atoms with Crippen molar-refractivity contribution in [3.05, 3.63) is 36.2 Å². The van der Waals surface area contributed by atoms with E-state index in [-0.39, 0.29) is 0 Å². The van der Waals surface area contributed by atoms with Crippen LogP contribution >= 0.6 is 0 Å². The SMILES string of the molecule is NCc1nccn1Cc1ccn(C2CCCC2)n1.